The number of hydrogen-bond acceptors (Lipinski definition) is 4. The first kappa shape index (κ1) is 14.6. The van der Waals surface area contributed by atoms with Gasteiger partial charge in [0.05, 0.1) is 6.42 Å². The Labute approximate surface area is 122 Å². The smallest absolute Gasteiger partial charge is 0.305 e. The van der Waals surface area contributed by atoms with Crippen LogP contribution in [0.5, 0.6) is 0 Å². The summed E-state index contributed by atoms with van der Waals surface area (Å²) >= 11 is 0. The molecule has 108 valence electrons. The zero-order chi connectivity index (χ0) is 15.2. The summed E-state index contributed by atoms with van der Waals surface area (Å²) in [7, 11) is 0. The van der Waals surface area contributed by atoms with Gasteiger partial charge in [0.25, 0.3) is 5.91 Å². The van der Waals surface area contributed by atoms with E-state index in [-0.39, 0.29) is 18.9 Å². The third-order valence-corrected chi connectivity index (χ3v) is 2.90. The van der Waals surface area contributed by atoms with Crippen molar-refractivity contribution < 1.29 is 14.7 Å². The molecule has 2 aromatic rings. The van der Waals surface area contributed by atoms with Crippen molar-refractivity contribution in [2.75, 3.05) is 11.4 Å². The van der Waals surface area contributed by atoms with Gasteiger partial charge < -0.3 is 5.11 Å². The van der Waals surface area contributed by atoms with Gasteiger partial charge in [-0.3, -0.25) is 19.5 Å². The molecule has 0 unspecified atom stereocenters. The number of anilines is 1. The molecular formula is C15H15N3O3. The van der Waals surface area contributed by atoms with E-state index in [2.05, 4.69) is 9.97 Å². The van der Waals surface area contributed by atoms with E-state index < -0.39 is 5.97 Å². The van der Waals surface area contributed by atoms with Gasteiger partial charge in [0.15, 0.2) is 0 Å². The quantitative estimate of drug-likeness (QED) is 0.907. The molecule has 0 saturated carbocycles. The molecule has 0 aliphatic heterocycles. The Kier molecular flexibility index (Phi) is 4.61. The number of carboxylic acid groups (broad SMARTS) is 1. The van der Waals surface area contributed by atoms with Gasteiger partial charge in [-0.1, -0.05) is 0 Å². The van der Waals surface area contributed by atoms with Crippen molar-refractivity contribution >= 4 is 17.7 Å². The zero-order valence-electron chi connectivity index (χ0n) is 11.6. The Balaban J connectivity index is 2.32. The van der Waals surface area contributed by atoms with Crippen LogP contribution in [0.2, 0.25) is 0 Å². The van der Waals surface area contributed by atoms with E-state index in [9.17, 15) is 9.59 Å². The van der Waals surface area contributed by atoms with Gasteiger partial charge in [0.1, 0.15) is 5.82 Å². The van der Waals surface area contributed by atoms with E-state index in [1.807, 2.05) is 13.0 Å². The minimum atomic E-state index is -0.963. The molecule has 0 radical (unpaired) electrons. The lowest BCUT2D eigenvalue weighted by molar-refractivity contribution is -0.136. The Bertz CT molecular complexity index is 644. The number of carbonyl (C=O) groups excluding carboxylic acids is 1. The van der Waals surface area contributed by atoms with Crippen molar-refractivity contribution in [2.45, 2.75) is 13.3 Å². The number of aromatic nitrogens is 2. The van der Waals surface area contributed by atoms with Crippen molar-refractivity contribution in [2.24, 2.45) is 0 Å². The fourth-order valence-corrected chi connectivity index (χ4v) is 1.85. The number of aliphatic carboxylic acids is 1. The number of carboxylic acids is 1. The molecule has 1 amide bonds. The third-order valence-electron chi connectivity index (χ3n) is 2.90. The van der Waals surface area contributed by atoms with E-state index in [1.54, 1.807) is 24.4 Å². The topological polar surface area (TPSA) is 83.4 Å². The van der Waals surface area contributed by atoms with Crippen LogP contribution in [0.1, 0.15) is 22.3 Å². The number of hydrogen-bond donors (Lipinski definition) is 1. The van der Waals surface area contributed by atoms with Gasteiger partial charge in [-0.25, -0.2) is 4.98 Å². The van der Waals surface area contributed by atoms with Crippen molar-refractivity contribution in [1.82, 2.24) is 9.97 Å². The summed E-state index contributed by atoms with van der Waals surface area (Å²) in [5, 5.41) is 8.85. The van der Waals surface area contributed by atoms with Crippen LogP contribution in [0.3, 0.4) is 0 Å². The average Bonchev–Trinajstić information content (AvgIpc) is 2.48. The standard InChI is InChI=1S/C15H15N3O3/c1-11-2-8-17-13(10-11)18(9-5-14(19)20)15(21)12-3-6-16-7-4-12/h2-4,6-8,10H,5,9H2,1H3,(H,19,20). The molecular weight excluding hydrogens is 270 g/mol. The number of aryl methyl sites for hydroxylation is 1. The van der Waals surface area contributed by atoms with Gasteiger partial charge in [-0.05, 0) is 36.8 Å². The van der Waals surface area contributed by atoms with Gasteiger partial charge in [0, 0.05) is 30.7 Å². The number of nitrogens with zero attached hydrogens (tertiary/aromatic N) is 3. The molecule has 6 nitrogen and oxygen atoms in total. The second kappa shape index (κ2) is 6.60. The van der Waals surface area contributed by atoms with Crippen LogP contribution in [0.4, 0.5) is 5.82 Å². The molecule has 0 aliphatic rings. The van der Waals surface area contributed by atoms with Crippen LogP contribution < -0.4 is 4.90 Å². The summed E-state index contributed by atoms with van der Waals surface area (Å²) in [6, 6.07) is 6.74. The molecule has 1 N–H and O–H groups in total. The maximum absolute atomic E-state index is 12.5. The van der Waals surface area contributed by atoms with Crippen LogP contribution in [0, 0.1) is 6.92 Å². The van der Waals surface area contributed by atoms with E-state index >= 15 is 0 Å². The first-order chi connectivity index (χ1) is 10.1. The van der Waals surface area contributed by atoms with Crippen LogP contribution in [-0.4, -0.2) is 33.5 Å². The SMILES string of the molecule is Cc1ccnc(N(CCC(=O)O)C(=O)c2ccncc2)c1. The molecule has 6 heteroatoms. The Hall–Kier alpha value is -2.76. The van der Waals surface area contributed by atoms with E-state index in [0.717, 1.165) is 5.56 Å². The normalized spacial score (nSPS) is 10.1. The predicted molar refractivity (Wildman–Crippen MR) is 77.1 cm³/mol. The lowest BCUT2D eigenvalue weighted by Crippen LogP contribution is -2.33. The second-order valence-corrected chi connectivity index (χ2v) is 4.53. The lowest BCUT2D eigenvalue weighted by atomic mass is 10.2. The van der Waals surface area contributed by atoms with E-state index in [1.165, 1.54) is 17.3 Å². The minimum absolute atomic E-state index is 0.0624. The number of rotatable bonds is 5. The zero-order valence-corrected chi connectivity index (χ0v) is 11.6. The molecule has 0 saturated heterocycles. The summed E-state index contributed by atoms with van der Waals surface area (Å²) in [6.07, 6.45) is 4.49. The van der Waals surface area contributed by atoms with Crippen molar-refractivity contribution in [3.8, 4) is 0 Å². The molecule has 0 aliphatic carbocycles. The van der Waals surface area contributed by atoms with Gasteiger partial charge in [-0.15, -0.1) is 0 Å². The summed E-state index contributed by atoms with van der Waals surface area (Å²) < 4.78 is 0. The third kappa shape index (κ3) is 3.85. The summed E-state index contributed by atoms with van der Waals surface area (Å²) in [6.45, 7) is 1.95. The molecule has 0 atom stereocenters. The molecule has 0 aromatic carbocycles. The Morgan fingerprint density at radius 3 is 2.52 bits per heavy atom. The largest absolute Gasteiger partial charge is 0.481 e. The summed E-state index contributed by atoms with van der Waals surface area (Å²) in [5.41, 5.74) is 1.39. The maximum Gasteiger partial charge on any atom is 0.305 e. The highest BCUT2D eigenvalue weighted by molar-refractivity contribution is 6.05. The molecule has 0 fully saturated rings. The van der Waals surface area contributed by atoms with E-state index in [4.69, 9.17) is 5.11 Å². The first-order valence-corrected chi connectivity index (χ1v) is 6.44. The van der Waals surface area contributed by atoms with Crippen LogP contribution in [0.15, 0.2) is 42.9 Å². The van der Waals surface area contributed by atoms with Crippen molar-refractivity contribution in [3.05, 3.63) is 54.0 Å². The molecule has 2 rings (SSSR count). The first-order valence-electron chi connectivity index (χ1n) is 6.44. The molecule has 21 heavy (non-hydrogen) atoms. The summed E-state index contributed by atoms with van der Waals surface area (Å²) in [5.74, 6) is -0.815. The van der Waals surface area contributed by atoms with E-state index in [0.29, 0.717) is 11.4 Å². The van der Waals surface area contributed by atoms with Crippen LogP contribution in [-0.2, 0) is 4.79 Å². The Morgan fingerprint density at radius 2 is 1.90 bits per heavy atom. The molecule has 2 heterocycles. The van der Waals surface area contributed by atoms with Crippen molar-refractivity contribution in [1.29, 1.82) is 0 Å². The molecule has 0 bridgehead atoms. The fourth-order valence-electron chi connectivity index (χ4n) is 1.85. The van der Waals surface area contributed by atoms with Crippen LogP contribution in [0.25, 0.3) is 0 Å². The van der Waals surface area contributed by atoms with Gasteiger partial charge in [-0.2, -0.15) is 0 Å². The van der Waals surface area contributed by atoms with Gasteiger partial charge >= 0.3 is 5.97 Å². The average molecular weight is 285 g/mol. The number of pyridine rings is 2. The highest BCUT2D eigenvalue weighted by Crippen LogP contribution is 2.16. The van der Waals surface area contributed by atoms with Crippen molar-refractivity contribution in [3.63, 3.8) is 0 Å². The second-order valence-electron chi connectivity index (χ2n) is 4.53. The monoisotopic (exact) mass is 285 g/mol. The minimum Gasteiger partial charge on any atom is -0.481 e. The number of amides is 1. The number of carbonyl (C=O) groups is 2. The lowest BCUT2D eigenvalue weighted by Gasteiger charge is -2.21. The van der Waals surface area contributed by atoms with Gasteiger partial charge in [0.2, 0.25) is 0 Å². The predicted octanol–water partition coefficient (Wildman–Crippen LogP) is 1.91. The Morgan fingerprint density at radius 1 is 1.19 bits per heavy atom. The molecule has 2 aromatic heterocycles. The molecule has 0 spiro atoms. The fraction of sp³-hybridized carbons (Fsp3) is 0.200. The maximum atomic E-state index is 12.5. The highest BCUT2D eigenvalue weighted by atomic mass is 16.4. The van der Waals surface area contributed by atoms with Crippen LogP contribution >= 0.6 is 0 Å². The summed E-state index contributed by atoms with van der Waals surface area (Å²) in [4.78, 5) is 32.7. The highest BCUT2D eigenvalue weighted by Gasteiger charge is 2.19.